The average Bonchev–Trinajstić information content (AvgIpc) is 3.09. The van der Waals surface area contributed by atoms with Gasteiger partial charge in [-0.25, -0.2) is 0 Å². The van der Waals surface area contributed by atoms with Crippen molar-refractivity contribution < 1.29 is 19.4 Å². The second kappa shape index (κ2) is 7.36. The Labute approximate surface area is 141 Å². The molecule has 1 fully saturated rings. The van der Waals surface area contributed by atoms with E-state index in [0.717, 1.165) is 19.4 Å². The molecule has 0 aliphatic carbocycles. The summed E-state index contributed by atoms with van der Waals surface area (Å²) in [4.78, 5) is 12.3. The molecule has 1 aliphatic rings. The molecule has 0 bridgehead atoms. The highest BCUT2D eigenvalue weighted by Crippen LogP contribution is 2.24. The van der Waals surface area contributed by atoms with E-state index >= 15 is 0 Å². The third kappa shape index (κ3) is 3.86. The van der Waals surface area contributed by atoms with Crippen LogP contribution < -0.4 is 10.1 Å². The number of ether oxygens (including phenoxy) is 2. The first-order valence-corrected chi connectivity index (χ1v) is 8.08. The molecule has 2 N–H and O–H groups in total. The number of aromatic hydroxyl groups is 1. The Bertz CT molecular complexity index is 723. The number of amides is 1. The SMILES string of the molecule is Cc1cccc(C(=O)Nc2cccc(OCC3CCCO3)c2)c1O. The number of benzene rings is 2. The molecule has 1 atom stereocenters. The van der Waals surface area contributed by atoms with Gasteiger partial charge in [-0.05, 0) is 43.5 Å². The summed E-state index contributed by atoms with van der Waals surface area (Å²) in [5.74, 6) is 0.324. The number of hydrogen-bond donors (Lipinski definition) is 2. The second-order valence-corrected chi connectivity index (χ2v) is 5.90. The minimum atomic E-state index is -0.354. The largest absolute Gasteiger partial charge is 0.507 e. The number of hydrogen-bond acceptors (Lipinski definition) is 4. The van der Waals surface area contributed by atoms with Crippen molar-refractivity contribution in [2.24, 2.45) is 0 Å². The number of rotatable bonds is 5. The molecule has 126 valence electrons. The zero-order valence-electron chi connectivity index (χ0n) is 13.6. The lowest BCUT2D eigenvalue weighted by Gasteiger charge is -2.13. The summed E-state index contributed by atoms with van der Waals surface area (Å²) in [7, 11) is 0. The maximum absolute atomic E-state index is 12.3. The summed E-state index contributed by atoms with van der Waals surface area (Å²) in [5.41, 5.74) is 1.53. The fraction of sp³-hybridized carbons (Fsp3) is 0.316. The van der Waals surface area contributed by atoms with E-state index in [-0.39, 0.29) is 23.3 Å². The first-order valence-electron chi connectivity index (χ1n) is 8.08. The van der Waals surface area contributed by atoms with Gasteiger partial charge in [-0.1, -0.05) is 18.2 Å². The van der Waals surface area contributed by atoms with Crippen LogP contribution >= 0.6 is 0 Å². The zero-order valence-corrected chi connectivity index (χ0v) is 13.6. The number of aryl methyl sites for hydroxylation is 1. The van der Waals surface area contributed by atoms with Gasteiger partial charge in [0.1, 0.15) is 18.1 Å². The van der Waals surface area contributed by atoms with Crippen molar-refractivity contribution in [2.75, 3.05) is 18.5 Å². The van der Waals surface area contributed by atoms with Gasteiger partial charge in [-0.2, -0.15) is 0 Å². The van der Waals surface area contributed by atoms with E-state index in [9.17, 15) is 9.90 Å². The number of para-hydroxylation sites is 1. The molecule has 1 amide bonds. The van der Waals surface area contributed by atoms with Crippen LogP contribution in [0.25, 0.3) is 0 Å². The summed E-state index contributed by atoms with van der Waals surface area (Å²) in [6.45, 7) is 3.06. The van der Waals surface area contributed by atoms with Gasteiger partial charge in [0.15, 0.2) is 0 Å². The molecule has 5 nitrogen and oxygen atoms in total. The van der Waals surface area contributed by atoms with E-state index < -0.39 is 0 Å². The molecule has 5 heteroatoms. The van der Waals surface area contributed by atoms with Crippen molar-refractivity contribution in [3.05, 3.63) is 53.6 Å². The number of anilines is 1. The molecule has 2 aromatic carbocycles. The topological polar surface area (TPSA) is 67.8 Å². The molecule has 1 unspecified atom stereocenters. The normalized spacial score (nSPS) is 16.8. The summed E-state index contributed by atoms with van der Waals surface area (Å²) in [5, 5.41) is 12.8. The predicted molar refractivity (Wildman–Crippen MR) is 91.7 cm³/mol. The summed E-state index contributed by atoms with van der Waals surface area (Å²) >= 11 is 0. The van der Waals surface area contributed by atoms with Gasteiger partial charge < -0.3 is 19.9 Å². The quantitative estimate of drug-likeness (QED) is 0.882. The summed E-state index contributed by atoms with van der Waals surface area (Å²) in [6.07, 6.45) is 2.24. The minimum absolute atomic E-state index is 0.000728. The van der Waals surface area contributed by atoms with Crippen LogP contribution in [-0.4, -0.2) is 30.3 Å². The molecular weight excluding hydrogens is 306 g/mol. The Morgan fingerprint density at radius 2 is 2.17 bits per heavy atom. The summed E-state index contributed by atoms with van der Waals surface area (Å²) in [6, 6.07) is 12.3. The Hall–Kier alpha value is -2.53. The lowest BCUT2D eigenvalue weighted by molar-refractivity contribution is 0.0680. The van der Waals surface area contributed by atoms with Crippen LogP contribution in [0.5, 0.6) is 11.5 Å². The van der Waals surface area contributed by atoms with Crippen molar-refractivity contribution in [1.82, 2.24) is 0 Å². The highest BCUT2D eigenvalue weighted by molar-refractivity contribution is 6.06. The molecule has 1 saturated heterocycles. The van der Waals surface area contributed by atoms with Crippen LogP contribution in [0.2, 0.25) is 0 Å². The average molecular weight is 327 g/mol. The lowest BCUT2D eigenvalue weighted by Crippen LogP contribution is -2.16. The Morgan fingerprint density at radius 3 is 2.96 bits per heavy atom. The number of phenols is 1. The Kier molecular flexibility index (Phi) is 5.01. The zero-order chi connectivity index (χ0) is 16.9. The van der Waals surface area contributed by atoms with Gasteiger partial charge in [-0.3, -0.25) is 4.79 Å². The first-order chi connectivity index (χ1) is 11.6. The summed E-state index contributed by atoms with van der Waals surface area (Å²) < 4.78 is 11.3. The molecule has 24 heavy (non-hydrogen) atoms. The lowest BCUT2D eigenvalue weighted by atomic mass is 10.1. The van der Waals surface area contributed by atoms with E-state index in [4.69, 9.17) is 9.47 Å². The maximum Gasteiger partial charge on any atom is 0.259 e. The van der Waals surface area contributed by atoms with E-state index in [1.54, 1.807) is 37.3 Å². The van der Waals surface area contributed by atoms with Gasteiger partial charge in [0.05, 0.1) is 11.7 Å². The molecule has 1 heterocycles. The van der Waals surface area contributed by atoms with Crippen molar-refractivity contribution in [1.29, 1.82) is 0 Å². The van der Waals surface area contributed by atoms with Crippen LogP contribution in [0.15, 0.2) is 42.5 Å². The van der Waals surface area contributed by atoms with E-state index in [0.29, 0.717) is 23.6 Å². The van der Waals surface area contributed by atoms with Crippen LogP contribution in [0.1, 0.15) is 28.8 Å². The fourth-order valence-corrected chi connectivity index (χ4v) is 2.67. The molecule has 0 spiro atoms. The van der Waals surface area contributed by atoms with Crippen LogP contribution in [0, 0.1) is 6.92 Å². The molecule has 1 aliphatic heterocycles. The standard InChI is InChI=1S/C19H21NO4/c1-13-5-2-9-17(18(13)21)19(22)20-14-6-3-7-15(11-14)24-12-16-8-4-10-23-16/h2-3,5-7,9,11,16,21H,4,8,10,12H2,1H3,(H,20,22). The van der Waals surface area contributed by atoms with Crippen molar-refractivity contribution in [3.8, 4) is 11.5 Å². The molecule has 3 rings (SSSR count). The predicted octanol–water partition coefficient (Wildman–Crippen LogP) is 3.51. The van der Waals surface area contributed by atoms with Gasteiger partial charge in [0, 0.05) is 18.4 Å². The Balaban J connectivity index is 1.65. The fourth-order valence-electron chi connectivity index (χ4n) is 2.67. The number of phenolic OH excluding ortho intramolecular Hbond substituents is 1. The Morgan fingerprint density at radius 1 is 1.33 bits per heavy atom. The van der Waals surface area contributed by atoms with E-state index in [2.05, 4.69) is 5.32 Å². The third-order valence-electron chi connectivity index (χ3n) is 4.03. The molecular formula is C19H21NO4. The number of nitrogens with one attached hydrogen (secondary N) is 1. The van der Waals surface area contributed by atoms with Gasteiger partial charge in [0.2, 0.25) is 0 Å². The van der Waals surface area contributed by atoms with Crippen LogP contribution in [-0.2, 0) is 4.74 Å². The highest BCUT2D eigenvalue weighted by atomic mass is 16.5. The highest BCUT2D eigenvalue weighted by Gasteiger charge is 2.16. The number of carbonyl (C=O) groups is 1. The van der Waals surface area contributed by atoms with Gasteiger partial charge in [0.25, 0.3) is 5.91 Å². The first kappa shape index (κ1) is 16.3. The monoisotopic (exact) mass is 327 g/mol. The van der Waals surface area contributed by atoms with Gasteiger partial charge in [-0.15, -0.1) is 0 Å². The van der Waals surface area contributed by atoms with Crippen LogP contribution in [0.3, 0.4) is 0 Å². The van der Waals surface area contributed by atoms with Crippen LogP contribution in [0.4, 0.5) is 5.69 Å². The molecule has 2 aromatic rings. The maximum atomic E-state index is 12.3. The molecule has 0 aromatic heterocycles. The smallest absolute Gasteiger partial charge is 0.259 e. The second-order valence-electron chi connectivity index (χ2n) is 5.90. The van der Waals surface area contributed by atoms with Crippen molar-refractivity contribution in [2.45, 2.75) is 25.9 Å². The van der Waals surface area contributed by atoms with Crippen molar-refractivity contribution in [3.63, 3.8) is 0 Å². The minimum Gasteiger partial charge on any atom is -0.507 e. The molecule has 0 radical (unpaired) electrons. The van der Waals surface area contributed by atoms with Crippen molar-refractivity contribution >= 4 is 11.6 Å². The van der Waals surface area contributed by atoms with E-state index in [1.165, 1.54) is 0 Å². The third-order valence-corrected chi connectivity index (χ3v) is 4.03. The molecule has 0 saturated carbocycles. The van der Waals surface area contributed by atoms with Gasteiger partial charge >= 0.3 is 0 Å². The number of carbonyl (C=O) groups excluding carboxylic acids is 1. The van der Waals surface area contributed by atoms with E-state index in [1.807, 2.05) is 12.1 Å².